The number of fused-ring (bicyclic) bond motifs is 1. The summed E-state index contributed by atoms with van der Waals surface area (Å²) in [6.45, 7) is 1.97. The molecule has 64 valence electrons. The van der Waals surface area contributed by atoms with E-state index in [-0.39, 0.29) is 0 Å². The fraction of sp³-hybridized carbons (Fsp3) is 0.100. The van der Waals surface area contributed by atoms with Crippen molar-refractivity contribution in [2.24, 2.45) is 0 Å². The lowest BCUT2D eigenvalue weighted by molar-refractivity contribution is 0.111. The molecule has 0 aliphatic heterocycles. The van der Waals surface area contributed by atoms with E-state index in [1.54, 1.807) is 12.3 Å². The smallest absolute Gasteiger partial charge is 0.168 e. The number of carbonyl (C=O) groups is 1. The standard InChI is InChI=1S/C10H8N2O/c1-7-4-8-2-3-9(6-13)12-10(8)11-5-7/h2-6H,1H3. The van der Waals surface area contributed by atoms with Crippen molar-refractivity contribution in [1.82, 2.24) is 9.97 Å². The summed E-state index contributed by atoms with van der Waals surface area (Å²) in [7, 11) is 0. The highest BCUT2D eigenvalue weighted by atomic mass is 16.1. The van der Waals surface area contributed by atoms with Crippen LogP contribution in [0.25, 0.3) is 11.0 Å². The molecule has 0 aliphatic rings. The first-order valence-corrected chi connectivity index (χ1v) is 3.98. The molecule has 0 aromatic carbocycles. The number of carbonyl (C=O) groups excluding carboxylic acids is 1. The Bertz CT molecular complexity index is 465. The predicted molar refractivity (Wildman–Crippen MR) is 49.7 cm³/mol. The van der Waals surface area contributed by atoms with E-state index < -0.39 is 0 Å². The maximum atomic E-state index is 10.4. The number of pyridine rings is 2. The highest BCUT2D eigenvalue weighted by molar-refractivity contribution is 5.81. The molecule has 0 saturated heterocycles. The molecule has 0 aliphatic carbocycles. The third-order valence-corrected chi connectivity index (χ3v) is 1.82. The molecular formula is C10H8N2O. The minimum Gasteiger partial charge on any atom is -0.296 e. The van der Waals surface area contributed by atoms with Crippen molar-refractivity contribution in [3.05, 3.63) is 35.7 Å². The molecule has 0 bridgehead atoms. The van der Waals surface area contributed by atoms with Gasteiger partial charge in [0.15, 0.2) is 11.9 Å². The zero-order valence-corrected chi connectivity index (χ0v) is 7.19. The van der Waals surface area contributed by atoms with E-state index in [2.05, 4.69) is 9.97 Å². The van der Waals surface area contributed by atoms with Crippen LogP contribution in [0.15, 0.2) is 24.4 Å². The van der Waals surface area contributed by atoms with Crippen LogP contribution in [0.3, 0.4) is 0 Å². The van der Waals surface area contributed by atoms with Gasteiger partial charge >= 0.3 is 0 Å². The summed E-state index contributed by atoms with van der Waals surface area (Å²) in [6, 6.07) is 5.53. The molecule has 0 amide bonds. The van der Waals surface area contributed by atoms with Crippen molar-refractivity contribution < 1.29 is 4.79 Å². The van der Waals surface area contributed by atoms with Gasteiger partial charge in [0.1, 0.15) is 5.69 Å². The Morgan fingerprint density at radius 2 is 2.23 bits per heavy atom. The lowest BCUT2D eigenvalue weighted by atomic mass is 10.2. The van der Waals surface area contributed by atoms with Crippen LogP contribution in [0.4, 0.5) is 0 Å². The average Bonchev–Trinajstić information content (AvgIpc) is 2.17. The summed E-state index contributed by atoms with van der Waals surface area (Å²) in [5.41, 5.74) is 2.13. The normalized spacial score (nSPS) is 10.2. The van der Waals surface area contributed by atoms with Gasteiger partial charge in [-0.25, -0.2) is 9.97 Å². The van der Waals surface area contributed by atoms with Gasteiger partial charge in [0.2, 0.25) is 0 Å². The summed E-state index contributed by atoms with van der Waals surface area (Å²) in [5, 5.41) is 0.964. The maximum absolute atomic E-state index is 10.4. The third-order valence-electron chi connectivity index (χ3n) is 1.82. The Morgan fingerprint density at radius 3 is 3.00 bits per heavy atom. The minimum absolute atomic E-state index is 0.420. The second-order valence-electron chi connectivity index (χ2n) is 2.91. The van der Waals surface area contributed by atoms with Crippen molar-refractivity contribution in [3.63, 3.8) is 0 Å². The van der Waals surface area contributed by atoms with E-state index in [9.17, 15) is 4.79 Å². The zero-order chi connectivity index (χ0) is 9.26. The van der Waals surface area contributed by atoms with Crippen molar-refractivity contribution >= 4 is 17.3 Å². The first-order valence-electron chi connectivity index (χ1n) is 3.98. The van der Waals surface area contributed by atoms with Crippen LogP contribution in [0.1, 0.15) is 16.1 Å². The molecule has 0 atom stereocenters. The number of aryl methyl sites for hydroxylation is 1. The first kappa shape index (κ1) is 7.86. The van der Waals surface area contributed by atoms with E-state index in [0.717, 1.165) is 17.2 Å². The van der Waals surface area contributed by atoms with E-state index in [1.807, 2.05) is 19.1 Å². The van der Waals surface area contributed by atoms with Crippen molar-refractivity contribution in [2.75, 3.05) is 0 Å². The molecule has 0 N–H and O–H groups in total. The molecule has 2 aromatic rings. The summed E-state index contributed by atoms with van der Waals surface area (Å²) in [5.74, 6) is 0. The Morgan fingerprint density at radius 1 is 1.38 bits per heavy atom. The van der Waals surface area contributed by atoms with E-state index in [0.29, 0.717) is 11.3 Å². The Balaban J connectivity index is 2.73. The fourth-order valence-corrected chi connectivity index (χ4v) is 1.20. The Kier molecular flexibility index (Phi) is 1.77. The molecule has 2 aromatic heterocycles. The van der Waals surface area contributed by atoms with E-state index in [1.165, 1.54) is 0 Å². The van der Waals surface area contributed by atoms with Gasteiger partial charge in [-0.3, -0.25) is 4.79 Å². The summed E-state index contributed by atoms with van der Waals surface area (Å²) < 4.78 is 0. The van der Waals surface area contributed by atoms with Gasteiger partial charge in [0.05, 0.1) is 0 Å². The molecular weight excluding hydrogens is 164 g/mol. The zero-order valence-electron chi connectivity index (χ0n) is 7.19. The van der Waals surface area contributed by atoms with E-state index >= 15 is 0 Å². The minimum atomic E-state index is 0.420. The number of rotatable bonds is 1. The highest BCUT2D eigenvalue weighted by Gasteiger charge is 1.97. The van der Waals surface area contributed by atoms with Gasteiger partial charge < -0.3 is 0 Å². The number of hydrogen-bond acceptors (Lipinski definition) is 3. The van der Waals surface area contributed by atoms with Crippen LogP contribution in [0.5, 0.6) is 0 Å². The summed E-state index contributed by atoms with van der Waals surface area (Å²) in [4.78, 5) is 18.6. The van der Waals surface area contributed by atoms with Crippen LogP contribution in [0.2, 0.25) is 0 Å². The molecule has 0 fully saturated rings. The van der Waals surface area contributed by atoms with Crippen molar-refractivity contribution in [3.8, 4) is 0 Å². The molecule has 3 nitrogen and oxygen atoms in total. The quantitative estimate of drug-likeness (QED) is 0.615. The van der Waals surface area contributed by atoms with Gasteiger partial charge in [0.25, 0.3) is 0 Å². The van der Waals surface area contributed by atoms with Crippen LogP contribution in [-0.4, -0.2) is 16.3 Å². The van der Waals surface area contributed by atoms with Gasteiger partial charge in [-0.05, 0) is 30.7 Å². The second-order valence-corrected chi connectivity index (χ2v) is 2.91. The van der Waals surface area contributed by atoms with Crippen LogP contribution < -0.4 is 0 Å². The van der Waals surface area contributed by atoms with Gasteiger partial charge in [-0.15, -0.1) is 0 Å². The van der Waals surface area contributed by atoms with Crippen LogP contribution in [0, 0.1) is 6.92 Å². The topological polar surface area (TPSA) is 42.9 Å². The highest BCUT2D eigenvalue weighted by Crippen LogP contribution is 2.10. The first-order chi connectivity index (χ1) is 6.29. The molecule has 3 heteroatoms. The lowest BCUT2D eigenvalue weighted by Crippen LogP contribution is -1.90. The van der Waals surface area contributed by atoms with Gasteiger partial charge in [-0.1, -0.05) is 0 Å². The fourth-order valence-electron chi connectivity index (χ4n) is 1.20. The Hall–Kier alpha value is -1.77. The summed E-state index contributed by atoms with van der Waals surface area (Å²) in [6.07, 6.45) is 2.46. The number of nitrogens with zero attached hydrogens (tertiary/aromatic N) is 2. The molecule has 2 rings (SSSR count). The van der Waals surface area contributed by atoms with Crippen LogP contribution in [-0.2, 0) is 0 Å². The van der Waals surface area contributed by atoms with Crippen molar-refractivity contribution in [1.29, 1.82) is 0 Å². The lowest BCUT2D eigenvalue weighted by Gasteiger charge is -1.97. The largest absolute Gasteiger partial charge is 0.296 e. The summed E-state index contributed by atoms with van der Waals surface area (Å²) >= 11 is 0. The second kappa shape index (κ2) is 2.94. The predicted octanol–water partition coefficient (Wildman–Crippen LogP) is 1.75. The monoisotopic (exact) mass is 172 g/mol. The van der Waals surface area contributed by atoms with Crippen LogP contribution >= 0.6 is 0 Å². The third kappa shape index (κ3) is 1.40. The molecule has 2 heterocycles. The van der Waals surface area contributed by atoms with Gasteiger partial charge in [0, 0.05) is 11.6 Å². The van der Waals surface area contributed by atoms with Gasteiger partial charge in [-0.2, -0.15) is 0 Å². The Labute approximate surface area is 75.4 Å². The molecule has 13 heavy (non-hydrogen) atoms. The number of hydrogen-bond donors (Lipinski definition) is 0. The number of aromatic nitrogens is 2. The maximum Gasteiger partial charge on any atom is 0.168 e. The van der Waals surface area contributed by atoms with E-state index in [4.69, 9.17) is 0 Å². The molecule has 0 saturated carbocycles. The molecule has 0 unspecified atom stereocenters. The molecule has 0 radical (unpaired) electrons. The SMILES string of the molecule is Cc1cnc2nc(C=O)ccc2c1. The molecule has 0 spiro atoms. The average molecular weight is 172 g/mol. The van der Waals surface area contributed by atoms with Crippen molar-refractivity contribution in [2.45, 2.75) is 6.92 Å². The number of aldehydes is 1.